The van der Waals surface area contributed by atoms with Crippen LogP contribution in [0.4, 0.5) is 5.82 Å². The molecule has 1 N–H and O–H groups in total. The van der Waals surface area contributed by atoms with Gasteiger partial charge in [0.05, 0.1) is 6.61 Å². The second-order valence-corrected chi connectivity index (χ2v) is 6.57. The van der Waals surface area contributed by atoms with Crippen LogP contribution in [0.5, 0.6) is 0 Å². The Morgan fingerprint density at radius 1 is 1.56 bits per heavy atom. The number of hydrogen-bond donors (Lipinski definition) is 1. The van der Waals surface area contributed by atoms with Crippen LogP contribution in [0.15, 0.2) is 23.2 Å². The molecule has 0 aliphatic carbocycles. The fourth-order valence-corrected chi connectivity index (χ4v) is 2.83. The molecule has 1 fully saturated rings. The van der Waals surface area contributed by atoms with Gasteiger partial charge in [-0.2, -0.15) is 0 Å². The molecular formula is C12H18N2O3S. The lowest BCUT2D eigenvalue weighted by atomic mass is 10.0. The van der Waals surface area contributed by atoms with Crippen LogP contribution in [-0.2, 0) is 14.6 Å². The first-order chi connectivity index (χ1) is 8.57. The summed E-state index contributed by atoms with van der Waals surface area (Å²) in [5.41, 5.74) is 0. The third-order valence-corrected chi connectivity index (χ3v) is 4.11. The van der Waals surface area contributed by atoms with Gasteiger partial charge in [-0.25, -0.2) is 13.4 Å². The molecule has 1 unspecified atom stereocenters. The highest BCUT2D eigenvalue weighted by Gasteiger charge is 2.17. The molecule has 1 atom stereocenters. The fourth-order valence-electron chi connectivity index (χ4n) is 2.03. The van der Waals surface area contributed by atoms with E-state index in [2.05, 4.69) is 10.3 Å². The van der Waals surface area contributed by atoms with Crippen molar-refractivity contribution in [3.63, 3.8) is 0 Å². The molecule has 2 rings (SSSR count). The standard InChI is InChI=1S/C12H18N2O3S/c1-18(15,16)11-5-2-6-13-12(11)14-8-10-4-3-7-17-9-10/h2,5-6,10H,3-4,7-9H2,1H3,(H,13,14). The Balaban J connectivity index is 2.05. The average Bonchev–Trinajstić information content (AvgIpc) is 2.37. The Morgan fingerprint density at radius 3 is 3.06 bits per heavy atom. The Hall–Kier alpha value is -1.14. The summed E-state index contributed by atoms with van der Waals surface area (Å²) in [6.45, 7) is 2.25. The molecule has 1 saturated heterocycles. The van der Waals surface area contributed by atoms with Gasteiger partial charge in [0.1, 0.15) is 10.7 Å². The number of sulfone groups is 1. The average molecular weight is 270 g/mol. The summed E-state index contributed by atoms with van der Waals surface area (Å²) in [5, 5.41) is 3.12. The van der Waals surface area contributed by atoms with Gasteiger partial charge in [0.2, 0.25) is 0 Å². The van der Waals surface area contributed by atoms with E-state index < -0.39 is 9.84 Å². The summed E-state index contributed by atoms with van der Waals surface area (Å²) in [4.78, 5) is 4.35. The molecule has 100 valence electrons. The van der Waals surface area contributed by atoms with Crippen molar-refractivity contribution in [2.75, 3.05) is 31.3 Å². The highest BCUT2D eigenvalue weighted by Crippen LogP contribution is 2.19. The lowest BCUT2D eigenvalue weighted by molar-refractivity contribution is 0.0594. The number of ether oxygens (including phenoxy) is 1. The molecule has 0 bridgehead atoms. The first kappa shape index (κ1) is 13.3. The topological polar surface area (TPSA) is 68.3 Å². The molecule has 0 saturated carbocycles. The SMILES string of the molecule is CS(=O)(=O)c1cccnc1NCC1CCCOC1. The van der Waals surface area contributed by atoms with E-state index in [4.69, 9.17) is 4.74 Å². The van der Waals surface area contributed by atoms with Crippen molar-refractivity contribution in [2.45, 2.75) is 17.7 Å². The Labute approximate surface area is 107 Å². The van der Waals surface area contributed by atoms with Gasteiger partial charge in [-0.05, 0) is 30.9 Å². The molecule has 0 radical (unpaired) electrons. The van der Waals surface area contributed by atoms with Crippen molar-refractivity contribution in [1.29, 1.82) is 0 Å². The van der Waals surface area contributed by atoms with Gasteiger partial charge in [-0.15, -0.1) is 0 Å². The zero-order chi connectivity index (χ0) is 13.0. The van der Waals surface area contributed by atoms with Gasteiger partial charge in [0.15, 0.2) is 9.84 Å². The largest absolute Gasteiger partial charge is 0.381 e. The predicted octanol–water partition coefficient (Wildman–Crippen LogP) is 1.32. The molecule has 1 aromatic heterocycles. The summed E-state index contributed by atoms with van der Waals surface area (Å²) in [7, 11) is -3.24. The minimum atomic E-state index is -3.24. The van der Waals surface area contributed by atoms with Gasteiger partial charge < -0.3 is 10.1 Å². The molecule has 5 nitrogen and oxygen atoms in total. The van der Waals surface area contributed by atoms with Crippen molar-refractivity contribution in [2.24, 2.45) is 5.92 Å². The quantitative estimate of drug-likeness (QED) is 0.893. The van der Waals surface area contributed by atoms with Gasteiger partial charge in [-0.3, -0.25) is 0 Å². The monoisotopic (exact) mass is 270 g/mol. The summed E-state index contributed by atoms with van der Waals surface area (Å²) >= 11 is 0. The molecule has 6 heteroatoms. The van der Waals surface area contributed by atoms with Crippen LogP contribution >= 0.6 is 0 Å². The number of hydrogen-bond acceptors (Lipinski definition) is 5. The fraction of sp³-hybridized carbons (Fsp3) is 0.583. The highest BCUT2D eigenvalue weighted by atomic mass is 32.2. The zero-order valence-corrected chi connectivity index (χ0v) is 11.2. The third-order valence-electron chi connectivity index (χ3n) is 2.98. The van der Waals surface area contributed by atoms with E-state index >= 15 is 0 Å². The van der Waals surface area contributed by atoms with E-state index in [-0.39, 0.29) is 4.90 Å². The highest BCUT2D eigenvalue weighted by molar-refractivity contribution is 7.90. The Morgan fingerprint density at radius 2 is 2.39 bits per heavy atom. The van der Waals surface area contributed by atoms with E-state index in [1.165, 1.54) is 6.26 Å². The van der Waals surface area contributed by atoms with E-state index in [0.29, 0.717) is 18.3 Å². The molecule has 0 spiro atoms. The van der Waals surface area contributed by atoms with E-state index in [1.54, 1.807) is 18.3 Å². The number of aromatic nitrogens is 1. The number of nitrogens with one attached hydrogen (secondary N) is 1. The number of rotatable bonds is 4. The molecule has 1 aliphatic rings. The van der Waals surface area contributed by atoms with Gasteiger partial charge in [0, 0.05) is 25.6 Å². The lowest BCUT2D eigenvalue weighted by Crippen LogP contribution is -2.25. The number of pyridine rings is 1. The van der Waals surface area contributed by atoms with Crippen LogP contribution in [0.1, 0.15) is 12.8 Å². The van der Waals surface area contributed by atoms with Crippen molar-refractivity contribution < 1.29 is 13.2 Å². The van der Waals surface area contributed by atoms with E-state index in [9.17, 15) is 8.42 Å². The maximum absolute atomic E-state index is 11.6. The number of anilines is 1. The molecule has 1 aromatic rings. The molecule has 18 heavy (non-hydrogen) atoms. The Kier molecular flexibility index (Phi) is 4.19. The van der Waals surface area contributed by atoms with Crippen LogP contribution in [0.25, 0.3) is 0 Å². The minimum absolute atomic E-state index is 0.252. The molecule has 1 aliphatic heterocycles. The van der Waals surface area contributed by atoms with E-state index in [0.717, 1.165) is 26.1 Å². The predicted molar refractivity (Wildman–Crippen MR) is 69.4 cm³/mol. The second-order valence-electron chi connectivity index (χ2n) is 4.59. The third kappa shape index (κ3) is 3.43. The van der Waals surface area contributed by atoms with Crippen LogP contribution in [0.3, 0.4) is 0 Å². The van der Waals surface area contributed by atoms with Gasteiger partial charge in [0.25, 0.3) is 0 Å². The summed E-state index contributed by atoms with van der Waals surface area (Å²) in [6, 6.07) is 3.20. The van der Waals surface area contributed by atoms with Crippen LogP contribution in [0.2, 0.25) is 0 Å². The van der Waals surface area contributed by atoms with Crippen LogP contribution in [0, 0.1) is 5.92 Å². The van der Waals surface area contributed by atoms with E-state index in [1.807, 2.05) is 0 Å². The van der Waals surface area contributed by atoms with Crippen molar-refractivity contribution in [3.8, 4) is 0 Å². The number of nitrogens with zero attached hydrogens (tertiary/aromatic N) is 1. The van der Waals surface area contributed by atoms with Crippen molar-refractivity contribution in [3.05, 3.63) is 18.3 Å². The lowest BCUT2D eigenvalue weighted by Gasteiger charge is -2.22. The smallest absolute Gasteiger partial charge is 0.179 e. The maximum atomic E-state index is 11.6. The summed E-state index contributed by atoms with van der Waals surface area (Å²) in [5.74, 6) is 0.860. The summed E-state index contributed by atoms with van der Waals surface area (Å²) in [6.07, 6.45) is 4.95. The normalized spacial score (nSPS) is 20.6. The molecule has 0 amide bonds. The van der Waals surface area contributed by atoms with Crippen LogP contribution in [-0.4, -0.2) is 39.4 Å². The first-order valence-corrected chi connectivity index (χ1v) is 7.93. The second kappa shape index (κ2) is 5.67. The summed E-state index contributed by atoms with van der Waals surface area (Å²) < 4.78 is 28.6. The Bertz CT molecular complexity index is 496. The molecular weight excluding hydrogens is 252 g/mol. The maximum Gasteiger partial charge on any atom is 0.179 e. The van der Waals surface area contributed by atoms with Crippen LogP contribution < -0.4 is 5.32 Å². The molecule has 2 heterocycles. The van der Waals surface area contributed by atoms with Gasteiger partial charge in [-0.1, -0.05) is 0 Å². The van der Waals surface area contributed by atoms with Gasteiger partial charge >= 0.3 is 0 Å². The van der Waals surface area contributed by atoms with Crippen molar-refractivity contribution in [1.82, 2.24) is 4.98 Å². The first-order valence-electron chi connectivity index (χ1n) is 6.04. The minimum Gasteiger partial charge on any atom is -0.381 e. The zero-order valence-electron chi connectivity index (χ0n) is 10.4. The molecule has 0 aromatic carbocycles. The van der Waals surface area contributed by atoms with Crippen molar-refractivity contribution >= 4 is 15.7 Å².